The van der Waals surface area contributed by atoms with Crippen molar-refractivity contribution < 1.29 is 19.1 Å². The normalized spacial score (nSPS) is 19.1. The summed E-state index contributed by atoms with van der Waals surface area (Å²) in [5.41, 5.74) is 3.96. The number of nitrogens with zero attached hydrogens (tertiary/aromatic N) is 8. The Morgan fingerprint density at radius 3 is 2.62 bits per heavy atom. The number of ether oxygens (including phenoxy) is 1. The van der Waals surface area contributed by atoms with Crippen molar-refractivity contribution >= 4 is 74.3 Å². The van der Waals surface area contributed by atoms with Crippen molar-refractivity contribution in [1.82, 2.24) is 39.8 Å². The van der Waals surface area contributed by atoms with Crippen LogP contribution in [0, 0.1) is 5.92 Å². The number of pyridine rings is 1. The van der Waals surface area contributed by atoms with Crippen molar-refractivity contribution in [3.63, 3.8) is 0 Å². The fraction of sp³-hybridized carbons (Fsp3) is 0.410. The molecule has 0 radical (unpaired) electrons. The Labute approximate surface area is 327 Å². The highest BCUT2D eigenvalue weighted by Gasteiger charge is 2.33. The molecule has 0 spiro atoms. The molecule has 2 atom stereocenters. The average molecular weight is 782 g/mol. The molecule has 3 aromatic heterocycles. The first kappa shape index (κ1) is 37.2. The maximum absolute atomic E-state index is 12.8. The molecule has 3 aliphatic rings. The molecule has 0 aliphatic carbocycles. The van der Waals surface area contributed by atoms with E-state index in [-0.39, 0.29) is 35.6 Å². The van der Waals surface area contributed by atoms with Crippen LogP contribution in [-0.2, 0) is 28.5 Å². The van der Waals surface area contributed by atoms with E-state index in [1.165, 1.54) is 11.6 Å². The minimum Gasteiger partial charge on any atom is -0.478 e. The molecule has 292 valence electrons. The standard InChI is InChI=1S/C39H44ClN11O5/c1-41-33(53)22-56-31-18-24-17-25(7-9-29(24)47(2)38(31)55)43-36-28(40)19-42-39(45-36)50-15-13-49(14-16-50)20-23-11-12-51(21-23)30-6-4-5-26-34(46-48(3)35(26)30)27-8-10-32(52)44-37(27)54/h4-7,9,17-19,23,27H,8,10-16,20-22H2,1-3H3,(H,41,53)(H,42,43,45)(H,44,52,54). The van der Waals surface area contributed by atoms with Gasteiger partial charge in [-0.1, -0.05) is 23.7 Å². The number of hydrogen-bond donors (Lipinski definition) is 3. The number of halogens is 1. The number of hydrogen-bond acceptors (Lipinski definition) is 12. The number of aromatic nitrogens is 5. The van der Waals surface area contributed by atoms with Gasteiger partial charge in [-0.25, -0.2) is 4.98 Å². The van der Waals surface area contributed by atoms with Gasteiger partial charge in [0.15, 0.2) is 18.2 Å². The van der Waals surface area contributed by atoms with E-state index in [0.29, 0.717) is 46.8 Å². The maximum atomic E-state index is 12.8. The molecule has 8 rings (SSSR count). The second-order valence-electron chi connectivity index (χ2n) is 14.7. The van der Waals surface area contributed by atoms with Gasteiger partial charge in [0, 0.05) is 89.8 Å². The number of carbonyl (C=O) groups is 3. The minimum atomic E-state index is -0.431. The number of amides is 3. The number of rotatable bonds is 10. The van der Waals surface area contributed by atoms with Crippen LogP contribution in [0.5, 0.6) is 5.75 Å². The summed E-state index contributed by atoms with van der Waals surface area (Å²) >= 11 is 6.57. The monoisotopic (exact) mass is 781 g/mol. The fourth-order valence-electron chi connectivity index (χ4n) is 8.09. The lowest BCUT2D eigenvalue weighted by Crippen LogP contribution is -2.48. The van der Waals surface area contributed by atoms with Gasteiger partial charge < -0.3 is 29.7 Å². The molecule has 2 unspecified atom stereocenters. The van der Waals surface area contributed by atoms with Crippen LogP contribution >= 0.6 is 11.6 Å². The second-order valence-corrected chi connectivity index (χ2v) is 15.1. The zero-order chi connectivity index (χ0) is 39.1. The van der Waals surface area contributed by atoms with Crippen LogP contribution in [0.2, 0.25) is 5.02 Å². The van der Waals surface area contributed by atoms with Crippen LogP contribution < -0.4 is 36.0 Å². The van der Waals surface area contributed by atoms with Gasteiger partial charge in [0.1, 0.15) is 5.02 Å². The highest BCUT2D eigenvalue weighted by molar-refractivity contribution is 6.33. The predicted octanol–water partition coefficient (Wildman–Crippen LogP) is 2.91. The van der Waals surface area contributed by atoms with Crippen molar-refractivity contribution in [2.24, 2.45) is 20.0 Å². The smallest absolute Gasteiger partial charge is 0.293 e. The van der Waals surface area contributed by atoms with E-state index in [1.807, 2.05) is 42.1 Å². The molecule has 3 fully saturated rings. The number of piperazine rings is 1. The lowest BCUT2D eigenvalue weighted by molar-refractivity contribution is -0.134. The topological polar surface area (TPSA) is 172 Å². The molecule has 3 N–H and O–H groups in total. The number of likely N-dealkylation sites (N-methyl/N-ethyl adjacent to an activating group) is 1. The van der Waals surface area contributed by atoms with Gasteiger partial charge in [-0.3, -0.25) is 34.1 Å². The summed E-state index contributed by atoms with van der Waals surface area (Å²) in [6.45, 7) is 5.92. The third kappa shape index (κ3) is 7.33. The Balaban J connectivity index is 0.890. The summed E-state index contributed by atoms with van der Waals surface area (Å²) in [7, 11) is 5.10. The largest absolute Gasteiger partial charge is 0.478 e. The lowest BCUT2D eigenvalue weighted by Gasteiger charge is -2.36. The molecular formula is C39H44ClN11O5. The first-order valence-corrected chi connectivity index (χ1v) is 19.2. The van der Waals surface area contributed by atoms with Gasteiger partial charge in [0.2, 0.25) is 17.8 Å². The Kier molecular flexibility index (Phi) is 10.2. The number of fused-ring (bicyclic) bond motifs is 2. The summed E-state index contributed by atoms with van der Waals surface area (Å²) in [5.74, 6) is 0.389. The Hall–Kier alpha value is -5.74. The summed E-state index contributed by atoms with van der Waals surface area (Å²) in [6.07, 6.45) is 3.48. The summed E-state index contributed by atoms with van der Waals surface area (Å²) in [6, 6.07) is 13.4. The predicted molar refractivity (Wildman–Crippen MR) is 214 cm³/mol. The molecule has 16 nitrogen and oxygen atoms in total. The maximum Gasteiger partial charge on any atom is 0.293 e. The van der Waals surface area contributed by atoms with E-state index in [0.717, 1.165) is 79.9 Å². The summed E-state index contributed by atoms with van der Waals surface area (Å²) in [4.78, 5) is 65.4. The van der Waals surface area contributed by atoms with E-state index < -0.39 is 5.92 Å². The summed E-state index contributed by atoms with van der Waals surface area (Å²) in [5, 5.41) is 15.1. The third-order valence-corrected chi connectivity index (χ3v) is 11.3. The summed E-state index contributed by atoms with van der Waals surface area (Å²) < 4.78 is 8.88. The number of benzene rings is 2. The molecule has 2 aromatic carbocycles. The second kappa shape index (κ2) is 15.4. The molecule has 0 bridgehead atoms. The van der Waals surface area contributed by atoms with Crippen LogP contribution in [-0.4, -0.2) is 106 Å². The van der Waals surface area contributed by atoms with Crippen LogP contribution in [0.4, 0.5) is 23.1 Å². The molecule has 0 saturated carbocycles. The minimum absolute atomic E-state index is 0.0805. The van der Waals surface area contributed by atoms with E-state index in [1.54, 1.807) is 19.3 Å². The van der Waals surface area contributed by atoms with E-state index >= 15 is 0 Å². The Morgan fingerprint density at radius 1 is 1.02 bits per heavy atom. The van der Waals surface area contributed by atoms with Gasteiger partial charge >= 0.3 is 0 Å². The number of carbonyl (C=O) groups excluding carboxylic acids is 3. The molecule has 17 heteroatoms. The third-order valence-electron chi connectivity index (χ3n) is 11.1. The van der Waals surface area contributed by atoms with Crippen molar-refractivity contribution in [2.45, 2.75) is 25.2 Å². The SMILES string of the molecule is CNC(=O)COc1cc2cc(Nc3nc(N4CCN(CC5CCN(c6cccc7c(C8CCC(=O)NC8=O)nn(C)c67)C5)CC4)ncc3Cl)ccc2n(C)c1=O. The first-order valence-electron chi connectivity index (χ1n) is 18.8. The van der Waals surface area contributed by atoms with Crippen molar-refractivity contribution in [2.75, 3.05) is 74.6 Å². The van der Waals surface area contributed by atoms with Crippen molar-refractivity contribution in [3.8, 4) is 5.75 Å². The molecule has 6 heterocycles. The quantitative estimate of drug-likeness (QED) is 0.177. The van der Waals surface area contributed by atoms with Gasteiger partial charge in [-0.05, 0) is 49.1 Å². The van der Waals surface area contributed by atoms with E-state index in [4.69, 9.17) is 26.4 Å². The number of anilines is 4. The number of piperidine rings is 1. The van der Waals surface area contributed by atoms with Gasteiger partial charge in [0.25, 0.3) is 11.5 Å². The van der Waals surface area contributed by atoms with Crippen molar-refractivity contribution in [3.05, 3.63) is 69.7 Å². The zero-order valence-corrected chi connectivity index (χ0v) is 32.3. The van der Waals surface area contributed by atoms with Crippen LogP contribution in [0.1, 0.15) is 30.9 Å². The number of aryl methyl sites for hydroxylation is 2. The lowest BCUT2D eigenvalue weighted by atomic mass is 9.92. The van der Waals surface area contributed by atoms with E-state index in [2.05, 4.69) is 41.7 Å². The van der Waals surface area contributed by atoms with Crippen LogP contribution in [0.25, 0.3) is 21.8 Å². The van der Waals surface area contributed by atoms with Crippen molar-refractivity contribution in [1.29, 1.82) is 0 Å². The van der Waals surface area contributed by atoms with Crippen LogP contribution in [0.3, 0.4) is 0 Å². The highest BCUT2D eigenvalue weighted by atomic mass is 35.5. The average Bonchev–Trinajstić information content (AvgIpc) is 3.80. The number of nitrogens with one attached hydrogen (secondary N) is 3. The Morgan fingerprint density at radius 2 is 1.84 bits per heavy atom. The van der Waals surface area contributed by atoms with E-state index in [9.17, 15) is 19.2 Å². The first-order chi connectivity index (χ1) is 27.1. The Bertz CT molecular complexity index is 2410. The van der Waals surface area contributed by atoms with Crippen LogP contribution in [0.15, 0.2) is 53.5 Å². The molecule has 3 saturated heterocycles. The molecule has 5 aromatic rings. The van der Waals surface area contributed by atoms with Gasteiger partial charge in [-0.2, -0.15) is 10.1 Å². The zero-order valence-electron chi connectivity index (χ0n) is 31.5. The number of para-hydroxylation sites is 1. The van der Waals surface area contributed by atoms with Gasteiger partial charge in [0.05, 0.1) is 34.5 Å². The fourth-order valence-corrected chi connectivity index (χ4v) is 8.23. The number of imide groups is 1. The molecular weight excluding hydrogens is 738 g/mol. The van der Waals surface area contributed by atoms with Gasteiger partial charge in [-0.15, -0.1) is 0 Å². The molecule has 3 aliphatic heterocycles. The highest BCUT2D eigenvalue weighted by Crippen LogP contribution is 2.37. The molecule has 56 heavy (non-hydrogen) atoms. The molecule has 3 amide bonds.